The maximum absolute atomic E-state index is 6.42. The Balaban J connectivity index is 0.923. The monoisotopic (exact) mass is 883 g/mol. The maximum Gasteiger partial charge on any atom is 0.222 e. The highest BCUT2D eigenvalue weighted by Gasteiger charge is 2.26. The van der Waals surface area contributed by atoms with E-state index in [0.717, 1.165) is 118 Å². The summed E-state index contributed by atoms with van der Waals surface area (Å²) in [5.74, 6) is 3.22. The van der Waals surface area contributed by atoms with Crippen LogP contribution in [0.15, 0.2) is 224 Å². The summed E-state index contributed by atoms with van der Waals surface area (Å²) in [4.78, 5) is 16.0. The van der Waals surface area contributed by atoms with E-state index in [1.165, 1.54) is 10.8 Å². The second-order valence-electron chi connectivity index (χ2n) is 17.7. The zero-order valence-corrected chi connectivity index (χ0v) is 36.9. The fourth-order valence-corrected chi connectivity index (χ4v) is 10.7. The second kappa shape index (κ2) is 14.5. The van der Waals surface area contributed by atoms with Crippen molar-refractivity contribution in [2.45, 2.75) is 0 Å². The molecule has 8 nitrogen and oxygen atoms in total. The first-order chi connectivity index (χ1) is 34.2. The summed E-state index contributed by atoms with van der Waals surface area (Å²) in [6.45, 7) is 0. The summed E-state index contributed by atoms with van der Waals surface area (Å²) in [5, 5.41) is 3.46. The number of nitrogens with zero attached hydrogens (tertiary/aromatic N) is 7. The Morgan fingerprint density at radius 2 is 0.942 bits per heavy atom. The van der Waals surface area contributed by atoms with Crippen LogP contribution in [-0.2, 0) is 0 Å². The third-order valence-electron chi connectivity index (χ3n) is 13.8. The van der Waals surface area contributed by atoms with Gasteiger partial charge >= 0.3 is 0 Å². The molecule has 0 bridgehead atoms. The van der Waals surface area contributed by atoms with Crippen molar-refractivity contribution in [1.29, 1.82) is 0 Å². The quantitative estimate of drug-likeness (QED) is 0.167. The molecule has 0 spiro atoms. The molecule has 0 atom stereocenters. The number of hydrogen-bond acceptors (Lipinski definition) is 4. The van der Waals surface area contributed by atoms with E-state index < -0.39 is 0 Å². The summed E-state index contributed by atoms with van der Waals surface area (Å²) < 4.78 is 15.7. The molecule has 15 rings (SSSR count). The van der Waals surface area contributed by atoms with Crippen LogP contribution in [0.5, 0.6) is 11.5 Å². The average Bonchev–Trinajstić information content (AvgIpc) is 4.14. The van der Waals surface area contributed by atoms with Crippen LogP contribution >= 0.6 is 0 Å². The minimum atomic E-state index is 0.657. The van der Waals surface area contributed by atoms with Crippen molar-refractivity contribution in [3.05, 3.63) is 224 Å². The van der Waals surface area contributed by atoms with Crippen molar-refractivity contribution in [3.63, 3.8) is 0 Å². The molecule has 0 unspecified atom stereocenters. The highest BCUT2D eigenvalue weighted by Crippen LogP contribution is 2.46. The Bertz CT molecular complexity index is 4330. The minimum Gasteiger partial charge on any atom is -0.453 e. The summed E-state index contributed by atoms with van der Waals surface area (Å²) in [6, 6.07) is 78.7. The molecule has 0 radical (unpaired) electrons. The number of imidazole rings is 2. The van der Waals surface area contributed by atoms with Crippen molar-refractivity contribution in [2.75, 3.05) is 0 Å². The highest BCUT2D eigenvalue weighted by atomic mass is 16.5. The van der Waals surface area contributed by atoms with Crippen molar-refractivity contribution < 1.29 is 4.74 Å². The van der Waals surface area contributed by atoms with Crippen molar-refractivity contribution in [2.24, 2.45) is 0 Å². The van der Waals surface area contributed by atoms with Gasteiger partial charge in [-0.3, -0.25) is 13.5 Å². The number of ether oxygens (including phenoxy) is 1. The Morgan fingerprint density at radius 3 is 1.74 bits per heavy atom. The molecule has 6 heterocycles. The molecule has 0 amide bonds. The first kappa shape index (κ1) is 37.7. The Morgan fingerprint density at radius 1 is 0.333 bits per heavy atom. The first-order valence-corrected chi connectivity index (χ1v) is 23.2. The molecule has 0 fully saturated rings. The number of fused-ring (bicyclic) bond motifs is 12. The summed E-state index contributed by atoms with van der Waals surface area (Å²) >= 11 is 0. The Kier molecular flexibility index (Phi) is 7.91. The first-order valence-electron chi connectivity index (χ1n) is 23.2. The summed E-state index contributed by atoms with van der Waals surface area (Å²) in [7, 11) is 0. The van der Waals surface area contributed by atoms with Crippen LogP contribution in [0, 0.1) is 0 Å². The second-order valence-corrected chi connectivity index (χ2v) is 17.7. The fraction of sp³-hybridized carbons (Fsp3) is 0. The number of aromatic nitrogens is 7. The van der Waals surface area contributed by atoms with Gasteiger partial charge in [0, 0.05) is 44.2 Å². The molecular weight excluding hydrogens is 847 g/mol. The van der Waals surface area contributed by atoms with Gasteiger partial charge in [0.1, 0.15) is 5.52 Å². The van der Waals surface area contributed by atoms with Crippen LogP contribution in [0.1, 0.15) is 0 Å². The van der Waals surface area contributed by atoms with E-state index in [2.05, 4.69) is 194 Å². The van der Waals surface area contributed by atoms with Gasteiger partial charge in [-0.05, 0) is 90.0 Å². The third-order valence-corrected chi connectivity index (χ3v) is 13.8. The van der Waals surface area contributed by atoms with Gasteiger partial charge in [0.05, 0.1) is 44.7 Å². The molecule has 8 heteroatoms. The van der Waals surface area contributed by atoms with Crippen molar-refractivity contribution >= 4 is 60.7 Å². The molecule has 1 aliphatic rings. The van der Waals surface area contributed by atoms with E-state index in [9.17, 15) is 0 Å². The number of para-hydroxylation sites is 5. The average molecular weight is 884 g/mol. The molecule has 1 aliphatic heterocycles. The van der Waals surface area contributed by atoms with Gasteiger partial charge in [0.15, 0.2) is 23.0 Å². The van der Waals surface area contributed by atoms with Crippen molar-refractivity contribution in [3.8, 4) is 73.6 Å². The van der Waals surface area contributed by atoms with Gasteiger partial charge in [-0.1, -0.05) is 146 Å². The molecular formula is C61H37N7O. The maximum atomic E-state index is 6.42. The Labute approximate surface area is 394 Å². The minimum absolute atomic E-state index is 0.657. The SMILES string of the molecule is c1ccc(-c2cc(-c3ccccc3)nc(-c3cccc(-n4c5ccccc5c5c4nc4n(-c6ccccc6)c6cc(-c7ccc8c(c7)c7cccc9c7n8-c7ccccc7O9)ccc6n54)c3)n2)cc1. The van der Waals surface area contributed by atoms with Crippen LogP contribution in [0.2, 0.25) is 0 Å². The third kappa shape index (κ3) is 5.60. The lowest BCUT2D eigenvalue weighted by molar-refractivity contribution is 0.476. The van der Waals surface area contributed by atoms with Gasteiger partial charge < -0.3 is 9.30 Å². The predicted molar refractivity (Wildman–Crippen MR) is 278 cm³/mol. The van der Waals surface area contributed by atoms with Crippen LogP contribution in [-0.4, -0.2) is 33.1 Å². The molecule has 0 saturated heterocycles. The summed E-state index contributed by atoms with van der Waals surface area (Å²) in [6.07, 6.45) is 0. The van der Waals surface area contributed by atoms with Crippen LogP contribution in [0.25, 0.3) is 123 Å². The van der Waals surface area contributed by atoms with E-state index >= 15 is 0 Å². The Hall–Kier alpha value is -9.53. The zero-order valence-electron chi connectivity index (χ0n) is 36.9. The molecule has 0 saturated carbocycles. The molecule has 69 heavy (non-hydrogen) atoms. The summed E-state index contributed by atoms with van der Waals surface area (Å²) in [5.41, 5.74) is 17.4. The topological polar surface area (TPSA) is 67.1 Å². The number of benzene rings is 9. The van der Waals surface area contributed by atoms with Gasteiger partial charge in [-0.25, -0.2) is 9.97 Å². The molecule has 5 aromatic heterocycles. The van der Waals surface area contributed by atoms with Gasteiger partial charge in [0.2, 0.25) is 5.78 Å². The van der Waals surface area contributed by atoms with Crippen LogP contribution < -0.4 is 4.74 Å². The smallest absolute Gasteiger partial charge is 0.222 e. The van der Waals surface area contributed by atoms with E-state index in [-0.39, 0.29) is 0 Å². The van der Waals surface area contributed by atoms with E-state index in [1.54, 1.807) is 0 Å². The number of rotatable bonds is 6. The standard InChI is InChI=1S/C61H37N7O/c1-4-16-38(17-5-1)48-37-49(39-18-6-2-7-19-39)63-59(62-48)42-20-14-23-44(34-42)65-50-26-11-10-24-46(50)58-60(65)64-61-66(43-21-8-3-9-22-43)54-36-41(31-33-52(54)68(58)61)40-30-32-51-47(35-40)45-25-15-29-56-57(45)67(51)53-27-12-13-28-55(53)69-56/h1-37H. The molecule has 0 aliphatic carbocycles. The largest absolute Gasteiger partial charge is 0.453 e. The van der Waals surface area contributed by atoms with E-state index in [1.807, 2.05) is 48.5 Å². The molecule has 322 valence electrons. The molecule has 14 aromatic rings. The molecule has 0 N–H and O–H groups in total. The van der Waals surface area contributed by atoms with Crippen molar-refractivity contribution in [1.82, 2.24) is 33.1 Å². The highest BCUT2D eigenvalue weighted by molar-refractivity contribution is 6.14. The van der Waals surface area contributed by atoms with E-state index in [4.69, 9.17) is 19.7 Å². The molecule has 9 aromatic carbocycles. The van der Waals surface area contributed by atoms with Gasteiger partial charge in [-0.2, -0.15) is 4.98 Å². The number of hydrogen-bond donors (Lipinski definition) is 0. The lowest BCUT2D eigenvalue weighted by atomic mass is 10.0. The normalized spacial score (nSPS) is 12.2. The van der Waals surface area contributed by atoms with E-state index in [0.29, 0.717) is 5.82 Å². The van der Waals surface area contributed by atoms with Crippen LogP contribution in [0.4, 0.5) is 0 Å². The van der Waals surface area contributed by atoms with Gasteiger partial charge in [0.25, 0.3) is 0 Å². The lowest BCUT2D eigenvalue weighted by Gasteiger charge is -2.20. The lowest BCUT2D eigenvalue weighted by Crippen LogP contribution is -2.03. The van der Waals surface area contributed by atoms with Crippen LogP contribution in [0.3, 0.4) is 0 Å². The zero-order chi connectivity index (χ0) is 45.2. The van der Waals surface area contributed by atoms with Gasteiger partial charge in [-0.15, -0.1) is 0 Å². The fourth-order valence-electron chi connectivity index (χ4n) is 10.7. The predicted octanol–water partition coefficient (Wildman–Crippen LogP) is 15.0.